The number of amides is 1. The molecule has 31 heavy (non-hydrogen) atoms. The highest BCUT2D eigenvalue weighted by Crippen LogP contribution is 2.22. The lowest BCUT2D eigenvalue weighted by Crippen LogP contribution is -2.29. The molecule has 1 aliphatic rings. The average molecular weight is 418 g/mol. The van der Waals surface area contributed by atoms with Crippen molar-refractivity contribution in [1.29, 1.82) is 5.26 Å². The zero-order chi connectivity index (χ0) is 26.8. The first kappa shape index (κ1) is 14.3. The van der Waals surface area contributed by atoms with Gasteiger partial charge in [-0.05, 0) is 55.2 Å². The van der Waals surface area contributed by atoms with E-state index in [1.54, 1.807) is 36.5 Å². The molecule has 0 aliphatic carbocycles. The van der Waals surface area contributed by atoms with Crippen molar-refractivity contribution in [3.05, 3.63) is 77.7 Å². The molecule has 1 aliphatic heterocycles. The van der Waals surface area contributed by atoms with Gasteiger partial charge in [0, 0.05) is 47.9 Å². The van der Waals surface area contributed by atoms with Crippen LogP contribution in [0.25, 0.3) is 11.3 Å². The van der Waals surface area contributed by atoms with Gasteiger partial charge in [-0.3, -0.25) is 4.79 Å². The van der Waals surface area contributed by atoms with Crippen LogP contribution in [0.5, 0.6) is 0 Å². The Bertz CT molecular complexity index is 1310. The molecular formula is C25H25N5O. The van der Waals surface area contributed by atoms with Gasteiger partial charge in [0.15, 0.2) is 0 Å². The van der Waals surface area contributed by atoms with E-state index in [0.717, 1.165) is 11.1 Å². The van der Waals surface area contributed by atoms with Gasteiger partial charge in [-0.2, -0.15) is 5.26 Å². The first-order valence-corrected chi connectivity index (χ1v) is 9.96. The minimum atomic E-state index is -2.46. The molecule has 1 fully saturated rings. The molecule has 1 aromatic heterocycles. The van der Waals surface area contributed by atoms with E-state index in [1.807, 2.05) is 17.4 Å². The van der Waals surface area contributed by atoms with Gasteiger partial charge in [-0.15, -0.1) is 0 Å². The fraction of sp³-hybridized carbons (Fsp3) is 0.280. The van der Waals surface area contributed by atoms with Crippen LogP contribution in [0.2, 0.25) is 0 Å². The maximum Gasteiger partial charge on any atom is 0.252 e. The fourth-order valence-electron chi connectivity index (χ4n) is 3.25. The van der Waals surface area contributed by atoms with Crippen LogP contribution >= 0.6 is 0 Å². The molecule has 3 aromatic rings. The number of carbonyl (C=O) groups is 1. The Balaban J connectivity index is 1.48. The van der Waals surface area contributed by atoms with Gasteiger partial charge >= 0.3 is 0 Å². The number of aromatic nitrogens is 2. The van der Waals surface area contributed by atoms with Crippen molar-refractivity contribution in [3.63, 3.8) is 0 Å². The lowest BCUT2D eigenvalue weighted by Gasteiger charge is -2.28. The van der Waals surface area contributed by atoms with Crippen LogP contribution in [-0.4, -0.2) is 35.4 Å². The molecule has 156 valence electrons. The number of nitriles is 1. The molecule has 0 bridgehead atoms. The molecule has 1 saturated heterocycles. The molecule has 1 N–H and O–H groups in total. The molecule has 4 rings (SSSR count). The third kappa shape index (κ3) is 5.26. The third-order valence-electron chi connectivity index (χ3n) is 4.83. The van der Waals surface area contributed by atoms with Gasteiger partial charge in [0.25, 0.3) is 5.91 Å². The van der Waals surface area contributed by atoms with Crippen molar-refractivity contribution in [2.24, 2.45) is 0 Å². The van der Waals surface area contributed by atoms with Crippen LogP contribution < -0.4 is 10.2 Å². The summed E-state index contributed by atoms with van der Waals surface area (Å²) in [5.41, 5.74) is 2.95. The predicted molar refractivity (Wildman–Crippen MR) is 121 cm³/mol. The van der Waals surface area contributed by atoms with Gasteiger partial charge in [0.1, 0.15) is 12.3 Å². The van der Waals surface area contributed by atoms with Crippen molar-refractivity contribution in [3.8, 4) is 17.3 Å². The number of piperidine rings is 1. The van der Waals surface area contributed by atoms with E-state index in [-0.39, 0.29) is 18.4 Å². The lowest BCUT2D eigenvalue weighted by molar-refractivity contribution is 0.0958. The molecule has 6 heteroatoms. The Hall–Kier alpha value is -3.72. The Kier molecular flexibility index (Phi) is 4.55. The molecule has 1 amide bonds. The third-order valence-corrected chi connectivity index (χ3v) is 4.83. The summed E-state index contributed by atoms with van der Waals surface area (Å²) in [7, 11) is 0. The Morgan fingerprint density at radius 3 is 2.55 bits per heavy atom. The number of rotatable bonds is 6. The van der Waals surface area contributed by atoms with Crippen molar-refractivity contribution in [2.45, 2.75) is 25.7 Å². The van der Waals surface area contributed by atoms with Crippen molar-refractivity contribution in [1.82, 2.24) is 15.3 Å². The zero-order valence-electron chi connectivity index (χ0n) is 22.8. The molecule has 0 radical (unpaired) electrons. The van der Waals surface area contributed by atoms with E-state index in [4.69, 9.17) is 13.5 Å². The SMILES string of the molecule is [2H]C([2H])(C#N)NC(=O)c1ccc(-c2ccnc(Cc3ccc(N4C([2H])([2H])CCCC4([2H])[2H])cc3)n2)cc1. The number of carbonyl (C=O) groups excluding carboxylic acids is 1. The van der Waals surface area contributed by atoms with E-state index in [1.165, 1.54) is 23.1 Å². The topological polar surface area (TPSA) is 81.9 Å². The molecule has 0 spiro atoms. The average Bonchev–Trinajstić information content (AvgIpc) is 2.84. The predicted octanol–water partition coefficient (Wildman–Crippen LogP) is 3.98. The van der Waals surface area contributed by atoms with Crippen molar-refractivity contribution < 1.29 is 13.0 Å². The largest absolute Gasteiger partial charge is 0.372 e. The smallest absolute Gasteiger partial charge is 0.252 e. The molecule has 2 heterocycles. The summed E-state index contributed by atoms with van der Waals surface area (Å²) in [5.74, 6) is -0.145. The number of benzene rings is 2. The van der Waals surface area contributed by atoms with Crippen LogP contribution in [0.1, 0.15) is 49.2 Å². The van der Waals surface area contributed by atoms with Crippen LogP contribution in [-0.2, 0) is 6.42 Å². The second kappa shape index (κ2) is 9.86. The normalized spacial score (nSPS) is 20.0. The summed E-state index contributed by atoms with van der Waals surface area (Å²) in [5, 5.41) is 10.8. The quantitative estimate of drug-likeness (QED) is 0.614. The molecule has 6 nitrogen and oxygen atoms in total. The van der Waals surface area contributed by atoms with Crippen molar-refractivity contribution >= 4 is 11.6 Å². The Morgan fingerprint density at radius 2 is 1.84 bits per heavy atom. The molecule has 0 unspecified atom stereocenters. The lowest BCUT2D eigenvalue weighted by atomic mass is 10.1. The minimum Gasteiger partial charge on any atom is -0.372 e. The summed E-state index contributed by atoms with van der Waals surface area (Å²) >= 11 is 0. The highest BCUT2D eigenvalue weighted by molar-refractivity contribution is 5.94. The van der Waals surface area contributed by atoms with E-state index in [2.05, 4.69) is 9.97 Å². The maximum atomic E-state index is 12.1. The van der Waals surface area contributed by atoms with E-state index < -0.39 is 25.4 Å². The van der Waals surface area contributed by atoms with Crippen LogP contribution in [0.3, 0.4) is 0 Å². The second-order valence-corrected chi connectivity index (χ2v) is 6.97. The zero-order valence-corrected chi connectivity index (χ0v) is 16.8. The number of nitrogens with zero attached hydrogens (tertiary/aromatic N) is 4. The summed E-state index contributed by atoms with van der Waals surface area (Å²) in [6, 6.07) is 16.6. The molecule has 0 atom stereocenters. The van der Waals surface area contributed by atoms with Crippen LogP contribution in [0.4, 0.5) is 5.69 Å². The maximum absolute atomic E-state index is 12.1. The van der Waals surface area contributed by atoms with Gasteiger partial charge in [-0.1, -0.05) is 24.3 Å². The molecular weight excluding hydrogens is 386 g/mol. The molecule has 2 aromatic carbocycles. The second-order valence-electron chi connectivity index (χ2n) is 6.97. The van der Waals surface area contributed by atoms with Gasteiger partial charge in [0.2, 0.25) is 0 Å². The van der Waals surface area contributed by atoms with E-state index >= 15 is 0 Å². The van der Waals surface area contributed by atoms with Crippen LogP contribution in [0, 0.1) is 11.3 Å². The Morgan fingerprint density at radius 1 is 1.10 bits per heavy atom. The fourth-order valence-corrected chi connectivity index (χ4v) is 3.25. The van der Waals surface area contributed by atoms with Crippen LogP contribution in [0.15, 0.2) is 60.8 Å². The monoisotopic (exact) mass is 417 g/mol. The van der Waals surface area contributed by atoms with E-state index in [0.29, 0.717) is 30.0 Å². The summed E-state index contributed by atoms with van der Waals surface area (Å²) in [6.07, 6.45) is 3.09. The first-order valence-electron chi connectivity index (χ1n) is 13.0. The van der Waals surface area contributed by atoms with Gasteiger partial charge < -0.3 is 10.2 Å². The van der Waals surface area contributed by atoms with Crippen molar-refractivity contribution in [2.75, 3.05) is 24.4 Å². The summed E-state index contributed by atoms with van der Waals surface area (Å²) in [4.78, 5) is 22.3. The summed E-state index contributed by atoms with van der Waals surface area (Å²) in [6.45, 7) is -5.99. The number of hydrogen-bond acceptors (Lipinski definition) is 5. The minimum absolute atomic E-state index is 0.208. The van der Waals surface area contributed by atoms with E-state index in [9.17, 15) is 4.79 Å². The Labute approximate surface area is 191 Å². The van der Waals surface area contributed by atoms with Gasteiger partial charge in [0.05, 0.1) is 14.5 Å². The van der Waals surface area contributed by atoms with Gasteiger partial charge in [-0.25, -0.2) is 9.97 Å². The first-order chi connectivity index (χ1) is 17.4. The number of nitrogens with one attached hydrogen (secondary N) is 1. The molecule has 0 saturated carbocycles. The number of hydrogen-bond donors (Lipinski definition) is 1. The standard InChI is InChI=1S/C25H25N5O/c26-13-15-28-25(31)21-8-6-20(7-9-21)23-12-14-27-24(29-23)18-19-4-10-22(11-5-19)30-16-2-1-3-17-30/h4-12,14H,1-3,15-18H2,(H,28,31)/i15D2,16D2,17D2. The highest BCUT2D eigenvalue weighted by Gasteiger charge is 2.11. The number of anilines is 1. The highest BCUT2D eigenvalue weighted by atomic mass is 16.1. The summed E-state index contributed by atoms with van der Waals surface area (Å²) < 4.78 is 47.9.